The molecule has 1 aliphatic rings. The van der Waals surface area contributed by atoms with E-state index in [2.05, 4.69) is 5.32 Å². The number of hydrogen-bond donors (Lipinski definition) is 1. The highest BCUT2D eigenvalue weighted by Gasteiger charge is 2.39. The van der Waals surface area contributed by atoms with E-state index in [0.717, 1.165) is 16.9 Å². The molecule has 0 radical (unpaired) electrons. The molecule has 0 bridgehead atoms. The zero-order valence-corrected chi connectivity index (χ0v) is 15.2. The first-order chi connectivity index (χ1) is 11.5. The second-order valence-corrected chi connectivity index (χ2v) is 9.37. The molecule has 2 heterocycles. The number of nitrogens with zero attached hydrogens (tertiary/aromatic N) is 1. The summed E-state index contributed by atoms with van der Waals surface area (Å²) in [7, 11) is -3.69. The normalized spacial score (nSPS) is 18.6. The van der Waals surface area contributed by atoms with Crippen LogP contribution in [0, 0.1) is 0 Å². The molecule has 0 saturated carbocycles. The van der Waals surface area contributed by atoms with Gasteiger partial charge in [0.05, 0.1) is 4.34 Å². The van der Waals surface area contributed by atoms with Crippen LogP contribution in [0.15, 0.2) is 46.7 Å². The van der Waals surface area contributed by atoms with Gasteiger partial charge in [-0.2, -0.15) is 4.31 Å². The molecule has 1 aliphatic heterocycles. The molecule has 24 heavy (non-hydrogen) atoms. The molecule has 1 saturated heterocycles. The summed E-state index contributed by atoms with van der Waals surface area (Å²) in [6.45, 7) is 0.732. The number of carbonyl (C=O) groups is 1. The predicted molar refractivity (Wildman–Crippen MR) is 94.5 cm³/mol. The second kappa shape index (κ2) is 7.23. The lowest BCUT2D eigenvalue weighted by atomic mass is 10.2. The van der Waals surface area contributed by atoms with Crippen molar-refractivity contribution in [3.8, 4) is 0 Å². The summed E-state index contributed by atoms with van der Waals surface area (Å²) in [6, 6.07) is 11.9. The van der Waals surface area contributed by atoms with Crippen LogP contribution >= 0.6 is 22.9 Å². The van der Waals surface area contributed by atoms with Crippen LogP contribution in [0.3, 0.4) is 0 Å². The minimum Gasteiger partial charge on any atom is -0.351 e. The third-order valence-electron chi connectivity index (χ3n) is 3.93. The maximum atomic E-state index is 12.7. The van der Waals surface area contributed by atoms with Gasteiger partial charge in [0.25, 0.3) is 10.0 Å². The fraction of sp³-hybridized carbons (Fsp3) is 0.312. The fourth-order valence-corrected chi connectivity index (χ4v) is 6.01. The van der Waals surface area contributed by atoms with E-state index in [-0.39, 0.29) is 10.1 Å². The first kappa shape index (κ1) is 17.4. The van der Waals surface area contributed by atoms with Crippen molar-refractivity contribution in [1.82, 2.24) is 9.62 Å². The van der Waals surface area contributed by atoms with E-state index in [4.69, 9.17) is 11.6 Å². The number of sulfonamides is 1. The van der Waals surface area contributed by atoms with Crippen LogP contribution in [0.2, 0.25) is 4.34 Å². The molecule has 1 aromatic carbocycles. The van der Waals surface area contributed by atoms with Gasteiger partial charge >= 0.3 is 0 Å². The van der Waals surface area contributed by atoms with Gasteiger partial charge in [-0.3, -0.25) is 4.79 Å². The minimum absolute atomic E-state index is 0.176. The summed E-state index contributed by atoms with van der Waals surface area (Å²) >= 11 is 6.86. The number of amides is 1. The molecule has 0 spiro atoms. The quantitative estimate of drug-likeness (QED) is 0.861. The van der Waals surface area contributed by atoms with E-state index in [1.165, 1.54) is 10.4 Å². The second-order valence-electron chi connectivity index (χ2n) is 5.54. The van der Waals surface area contributed by atoms with Gasteiger partial charge in [0.2, 0.25) is 5.91 Å². The van der Waals surface area contributed by atoms with E-state index in [1.54, 1.807) is 6.07 Å². The summed E-state index contributed by atoms with van der Waals surface area (Å²) in [5, 5.41) is 2.83. The zero-order valence-electron chi connectivity index (χ0n) is 12.8. The number of benzene rings is 1. The van der Waals surface area contributed by atoms with E-state index in [9.17, 15) is 13.2 Å². The van der Waals surface area contributed by atoms with Gasteiger partial charge in [0, 0.05) is 13.1 Å². The molecule has 1 fully saturated rings. The molecule has 1 aromatic heterocycles. The highest BCUT2D eigenvalue weighted by molar-refractivity contribution is 7.91. The van der Waals surface area contributed by atoms with Crippen molar-refractivity contribution in [2.45, 2.75) is 29.6 Å². The van der Waals surface area contributed by atoms with E-state index >= 15 is 0 Å². The SMILES string of the molecule is O=C(NCc1ccccc1)[C@H]1CCCN1S(=O)(=O)c1ccc(Cl)s1. The molecular formula is C16H17ClN2O3S2. The molecular weight excluding hydrogens is 368 g/mol. The zero-order chi connectivity index (χ0) is 17.2. The van der Waals surface area contributed by atoms with Gasteiger partial charge in [-0.15, -0.1) is 11.3 Å². The van der Waals surface area contributed by atoms with Crippen molar-refractivity contribution in [1.29, 1.82) is 0 Å². The first-order valence-electron chi connectivity index (χ1n) is 7.57. The fourth-order valence-electron chi connectivity index (χ4n) is 2.74. The molecule has 0 aliphatic carbocycles. The van der Waals surface area contributed by atoms with Gasteiger partial charge in [-0.25, -0.2) is 8.42 Å². The van der Waals surface area contributed by atoms with Crippen molar-refractivity contribution >= 4 is 38.9 Å². The van der Waals surface area contributed by atoms with Gasteiger partial charge in [-0.05, 0) is 30.5 Å². The molecule has 3 rings (SSSR count). The number of hydrogen-bond acceptors (Lipinski definition) is 4. The Morgan fingerprint density at radius 2 is 2.00 bits per heavy atom. The predicted octanol–water partition coefficient (Wildman–Crippen LogP) is 2.87. The molecule has 8 heteroatoms. The van der Waals surface area contributed by atoms with Crippen LogP contribution < -0.4 is 5.32 Å². The molecule has 5 nitrogen and oxygen atoms in total. The average molecular weight is 385 g/mol. The van der Waals surface area contributed by atoms with Crippen LogP contribution in [0.25, 0.3) is 0 Å². The third kappa shape index (κ3) is 3.64. The Morgan fingerprint density at radius 3 is 2.67 bits per heavy atom. The lowest BCUT2D eigenvalue weighted by molar-refractivity contribution is -0.124. The topological polar surface area (TPSA) is 66.5 Å². The Hall–Kier alpha value is -1.41. The average Bonchev–Trinajstić information content (AvgIpc) is 3.23. The summed E-state index contributed by atoms with van der Waals surface area (Å²) in [4.78, 5) is 12.5. The largest absolute Gasteiger partial charge is 0.351 e. The smallest absolute Gasteiger partial charge is 0.253 e. The number of thiophene rings is 1. The molecule has 1 atom stereocenters. The van der Waals surface area contributed by atoms with Gasteiger partial charge in [-0.1, -0.05) is 41.9 Å². The number of halogens is 1. The van der Waals surface area contributed by atoms with Crippen LogP contribution in [0.4, 0.5) is 0 Å². The van der Waals surface area contributed by atoms with Crippen molar-refractivity contribution in [2.75, 3.05) is 6.54 Å². The number of carbonyl (C=O) groups excluding carboxylic acids is 1. The Morgan fingerprint density at radius 1 is 1.25 bits per heavy atom. The van der Waals surface area contributed by atoms with Crippen LogP contribution in [-0.2, 0) is 21.4 Å². The maximum Gasteiger partial charge on any atom is 0.253 e. The Balaban J connectivity index is 1.72. The number of nitrogens with one attached hydrogen (secondary N) is 1. The maximum absolute atomic E-state index is 12.7. The standard InChI is InChI=1S/C16H17ClN2O3S2/c17-14-8-9-15(23-14)24(21,22)19-10-4-7-13(19)16(20)18-11-12-5-2-1-3-6-12/h1-3,5-6,8-9,13H,4,7,10-11H2,(H,18,20)/t13-/m1/s1. The number of rotatable bonds is 5. The Bertz CT molecular complexity index is 821. The molecule has 2 aromatic rings. The Labute approximate surface area is 150 Å². The van der Waals surface area contributed by atoms with Crippen LogP contribution in [0.1, 0.15) is 18.4 Å². The summed E-state index contributed by atoms with van der Waals surface area (Å²) in [5.41, 5.74) is 0.975. The minimum atomic E-state index is -3.69. The van der Waals surface area contributed by atoms with Crippen molar-refractivity contribution in [2.24, 2.45) is 0 Å². The summed E-state index contributed by atoms with van der Waals surface area (Å²) in [5.74, 6) is -0.261. The van der Waals surface area contributed by atoms with Crippen LogP contribution in [-0.4, -0.2) is 31.2 Å². The van der Waals surface area contributed by atoms with Crippen LogP contribution in [0.5, 0.6) is 0 Å². The lowest BCUT2D eigenvalue weighted by Crippen LogP contribution is -2.45. The highest BCUT2D eigenvalue weighted by Crippen LogP contribution is 2.32. The monoisotopic (exact) mass is 384 g/mol. The lowest BCUT2D eigenvalue weighted by Gasteiger charge is -2.22. The van der Waals surface area contributed by atoms with Crippen molar-refractivity contribution < 1.29 is 13.2 Å². The van der Waals surface area contributed by atoms with Gasteiger partial charge in [0.15, 0.2) is 0 Å². The molecule has 1 N–H and O–H groups in total. The molecule has 1 amide bonds. The van der Waals surface area contributed by atoms with E-state index in [1.807, 2.05) is 30.3 Å². The highest BCUT2D eigenvalue weighted by atomic mass is 35.5. The van der Waals surface area contributed by atoms with E-state index in [0.29, 0.717) is 30.3 Å². The third-order valence-corrected chi connectivity index (χ3v) is 7.53. The molecule has 0 unspecified atom stereocenters. The van der Waals surface area contributed by atoms with E-state index < -0.39 is 16.1 Å². The van der Waals surface area contributed by atoms with Crippen molar-refractivity contribution in [3.63, 3.8) is 0 Å². The van der Waals surface area contributed by atoms with Gasteiger partial charge < -0.3 is 5.32 Å². The summed E-state index contributed by atoms with van der Waals surface area (Å²) in [6.07, 6.45) is 1.20. The first-order valence-corrected chi connectivity index (χ1v) is 10.2. The summed E-state index contributed by atoms with van der Waals surface area (Å²) < 4.78 is 27.3. The molecule has 128 valence electrons. The van der Waals surface area contributed by atoms with Gasteiger partial charge in [0.1, 0.15) is 10.3 Å². The Kier molecular flexibility index (Phi) is 5.24. The van der Waals surface area contributed by atoms with Crippen molar-refractivity contribution in [3.05, 3.63) is 52.4 Å².